The Morgan fingerprint density at radius 3 is 2.55 bits per heavy atom. The summed E-state index contributed by atoms with van der Waals surface area (Å²) >= 11 is 0. The first-order chi connectivity index (χ1) is 14.5. The molecule has 1 fully saturated rings. The van der Waals surface area contributed by atoms with Gasteiger partial charge < -0.3 is 4.57 Å². The Kier molecular flexibility index (Phi) is 4.90. The van der Waals surface area contributed by atoms with Gasteiger partial charge in [0.1, 0.15) is 11.3 Å². The van der Waals surface area contributed by atoms with E-state index in [9.17, 15) is 27.2 Å². The second kappa shape index (κ2) is 7.10. The average Bonchev–Trinajstić information content (AvgIpc) is 3.03. The number of hydrogen-bond acceptors (Lipinski definition) is 5. The number of alkyl halides is 3. The smallest absolute Gasteiger partial charge is 0.310 e. The molecule has 1 unspecified atom stereocenters. The lowest BCUT2D eigenvalue weighted by molar-refractivity contribution is -0.137. The fourth-order valence-corrected chi connectivity index (χ4v) is 4.78. The minimum atomic E-state index is -4.57. The van der Waals surface area contributed by atoms with Crippen LogP contribution in [0.5, 0.6) is 0 Å². The van der Waals surface area contributed by atoms with Gasteiger partial charge in [-0.15, -0.1) is 0 Å². The summed E-state index contributed by atoms with van der Waals surface area (Å²) in [5.41, 5.74) is -0.843. The summed E-state index contributed by atoms with van der Waals surface area (Å²) in [5, 5.41) is 9.63. The Morgan fingerprint density at radius 1 is 1.29 bits per heavy atom. The summed E-state index contributed by atoms with van der Waals surface area (Å²) in [6, 6.07) is 4.69. The number of aromatic nitrogens is 4. The first-order valence-corrected chi connectivity index (χ1v) is 11.3. The second-order valence-electron chi connectivity index (χ2n) is 7.61. The van der Waals surface area contributed by atoms with Gasteiger partial charge in [0.2, 0.25) is 15.1 Å². The molecule has 0 aliphatic heterocycles. The van der Waals surface area contributed by atoms with Crippen molar-refractivity contribution in [2.75, 3.05) is 5.75 Å². The van der Waals surface area contributed by atoms with E-state index in [4.69, 9.17) is 0 Å². The maximum Gasteiger partial charge on any atom is 0.417 e. The monoisotopic (exact) mass is 450 g/mol. The fourth-order valence-electron chi connectivity index (χ4n) is 3.71. The zero-order valence-electron chi connectivity index (χ0n) is 16.8. The summed E-state index contributed by atoms with van der Waals surface area (Å²) in [6.45, 7) is 1.55. The number of halogens is 3. The molecule has 0 amide bonds. The standard InChI is InChI=1S/C20H18F3N5O2S/c1-3-31(29,30)15-8-12(19(11-24)5-4-6-19)9-25-16(15)18-27-14-7-13(20(21,22)23)10-26-17(14)28(18)2/h7-10H,3-6H2,1-2H3/p+1. The van der Waals surface area contributed by atoms with Gasteiger partial charge in [0, 0.05) is 25.5 Å². The van der Waals surface area contributed by atoms with E-state index in [0.717, 1.165) is 18.7 Å². The molecule has 0 aromatic carbocycles. The van der Waals surface area contributed by atoms with Crippen LogP contribution >= 0.6 is 0 Å². The third kappa shape index (κ3) is 3.40. The van der Waals surface area contributed by atoms with Crippen LogP contribution in [-0.4, -0.2) is 29.8 Å². The van der Waals surface area contributed by atoms with Crippen molar-refractivity contribution in [3.05, 3.63) is 35.7 Å². The highest BCUT2D eigenvalue weighted by atomic mass is 32.3. The topological polar surface area (TPSA) is 105 Å². The molecule has 0 radical (unpaired) electrons. The number of imidazole rings is 1. The summed E-state index contributed by atoms with van der Waals surface area (Å²) in [7, 11) is -1.96. The first-order valence-electron chi connectivity index (χ1n) is 9.58. The Labute approximate surface area is 177 Å². The number of aryl methyl sites for hydroxylation is 1. The van der Waals surface area contributed by atoms with E-state index in [1.54, 1.807) is 14.0 Å². The third-order valence-electron chi connectivity index (χ3n) is 5.81. The van der Waals surface area contributed by atoms with E-state index in [2.05, 4.69) is 21.0 Å². The molecule has 1 aliphatic carbocycles. The number of nitrogens with zero attached hydrogens (tertiary/aromatic N) is 5. The van der Waals surface area contributed by atoms with Crippen molar-refractivity contribution in [2.24, 2.45) is 7.05 Å². The maximum absolute atomic E-state index is 13.1. The van der Waals surface area contributed by atoms with Gasteiger partial charge >= 0.3 is 6.18 Å². The molecular formula is C20H19F3N5O2S+. The average molecular weight is 450 g/mol. The molecule has 3 aromatic heterocycles. The summed E-state index contributed by atoms with van der Waals surface area (Å²) in [4.78, 5) is 12.5. The maximum atomic E-state index is 13.1. The molecule has 1 aliphatic rings. The minimum Gasteiger partial charge on any atom is -0.310 e. The van der Waals surface area contributed by atoms with Crippen molar-refractivity contribution in [1.29, 1.82) is 5.26 Å². The second-order valence-corrected chi connectivity index (χ2v) is 9.90. The lowest BCUT2D eigenvalue weighted by Crippen LogP contribution is -2.33. The molecule has 0 saturated heterocycles. The molecule has 3 heterocycles. The van der Waals surface area contributed by atoms with Crippen molar-refractivity contribution in [1.82, 2.24) is 19.5 Å². The van der Waals surface area contributed by atoms with Crippen LogP contribution in [0.15, 0.2) is 29.4 Å². The Bertz CT molecular complexity index is 1270. The number of hydrogen-bond donors (Lipinski definition) is 1. The lowest BCUT2D eigenvalue weighted by atomic mass is 9.66. The molecular weight excluding hydrogens is 431 g/mol. The van der Waals surface area contributed by atoms with Crippen LogP contribution in [-0.2, 0) is 33.1 Å². The number of rotatable bonds is 4. The highest BCUT2D eigenvalue weighted by Crippen LogP contribution is 2.44. The van der Waals surface area contributed by atoms with Crippen molar-refractivity contribution < 1.29 is 21.9 Å². The molecule has 3 aromatic rings. The molecule has 1 atom stereocenters. The Balaban J connectivity index is 1.93. The van der Waals surface area contributed by atoms with Gasteiger partial charge in [0.05, 0.1) is 17.0 Å². The minimum absolute atomic E-state index is 0.00224. The molecule has 1 saturated carbocycles. The molecule has 4 rings (SSSR count). The van der Waals surface area contributed by atoms with Crippen LogP contribution < -0.4 is 0 Å². The van der Waals surface area contributed by atoms with Crippen LogP contribution in [0.2, 0.25) is 0 Å². The van der Waals surface area contributed by atoms with Gasteiger partial charge in [-0.3, -0.25) is 0 Å². The Morgan fingerprint density at radius 2 is 2.00 bits per heavy atom. The highest BCUT2D eigenvalue weighted by Gasteiger charge is 2.42. The number of fused-ring (bicyclic) bond motifs is 1. The molecule has 0 bridgehead atoms. The van der Waals surface area contributed by atoms with Crippen LogP contribution in [0.3, 0.4) is 0 Å². The lowest BCUT2D eigenvalue weighted by Gasteiger charge is -2.35. The largest absolute Gasteiger partial charge is 0.417 e. The van der Waals surface area contributed by atoms with E-state index in [0.29, 0.717) is 18.4 Å². The fraction of sp³-hybridized carbons (Fsp3) is 0.400. The predicted molar refractivity (Wildman–Crippen MR) is 107 cm³/mol. The zero-order valence-corrected chi connectivity index (χ0v) is 17.6. The number of nitriles is 1. The van der Waals surface area contributed by atoms with E-state index in [1.165, 1.54) is 16.8 Å². The molecule has 31 heavy (non-hydrogen) atoms. The predicted octanol–water partition coefficient (Wildman–Crippen LogP) is 4.35. The van der Waals surface area contributed by atoms with Crippen molar-refractivity contribution in [3.8, 4) is 17.6 Å². The molecule has 0 spiro atoms. The first kappa shape index (κ1) is 21.4. The summed E-state index contributed by atoms with van der Waals surface area (Å²) < 4.78 is 64.2. The van der Waals surface area contributed by atoms with Gasteiger partial charge in [0.15, 0.2) is 17.2 Å². The van der Waals surface area contributed by atoms with Gasteiger partial charge in [-0.25, -0.2) is 15.0 Å². The van der Waals surface area contributed by atoms with Crippen molar-refractivity contribution in [3.63, 3.8) is 0 Å². The van der Waals surface area contributed by atoms with E-state index < -0.39 is 27.4 Å². The van der Waals surface area contributed by atoms with Crippen molar-refractivity contribution >= 4 is 21.4 Å². The highest BCUT2D eigenvalue weighted by molar-refractivity contribution is 7.97. The molecule has 11 heteroatoms. The van der Waals surface area contributed by atoms with Gasteiger partial charge in [-0.1, -0.05) is 4.21 Å². The van der Waals surface area contributed by atoms with Crippen LogP contribution in [0.4, 0.5) is 13.2 Å². The van der Waals surface area contributed by atoms with E-state index >= 15 is 0 Å². The zero-order chi connectivity index (χ0) is 22.6. The van der Waals surface area contributed by atoms with Crippen molar-refractivity contribution in [2.45, 2.75) is 42.7 Å². The van der Waals surface area contributed by atoms with E-state index in [1.807, 2.05) is 0 Å². The summed E-state index contributed by atoms with van der Waals surface area (Å²) in [6.07, 6.45) is -0.205. The van der Waals surface area contributed by atoms with E-state index in [-0.39, 0.29) is 33.3 Å². The summed E-state index contributed by atoms with van der Waals surface area (Å²) in [5.74, 6) is 0.0312. The van der Waals surface area contributed by atoms with Crippen LogP contribution in [0.25, 0.3) is 22.7 Å². The normalized spacial score (nSPS) is 17.7. The van der Waals surface area contributed by atoms with Crippen LogP contribution in [0, 0.1) is 11.3 Å². The third-order valence-corrected chi connectivity index (χ3v) is 7.59. The molecule has 7 nitrogen and oxygen atoms in total. The quantitative estimate of drug-likeness (QED) is 0.593. The van der Waals surface area contributed by atoms with Gasteiger partial charge in [0.25, 0.3) is 0 Å². The SMILES string of the molecule is CC[S+](=O)(O)c1cc(C2(C#N)CCC2)cnc1-c1nc2cc(C(F)(F)F)cnc2n1C. The Hall–Kier alpha value is -2.84. The van der Waals surface area contributed by atoms with Crippen LogP contribution in [0.1, 0.15) is 37.3 Å². The van der Waals surface area contributed by atoms with Gasteiger partial charge in [-0.05, 0) is 37.8 Å². The number of pyridine rings is 2. The molecule has 162 valence electrons. The molecule has 1 N–H and O–H groups in total. The van der Waals surface area contributed by atoms with Gasteiger partial charge in [-0.2, -0.15) is 23.0 Å².